The highest BCUT2D eigenvalue weighted by atomic mass is 16.6. The summed E-state index contributed by atoms with van der Waals surface area (Å²) in [5.74, 6) is -0.869. The molecule has 1 atom stereocenters. The molecular weight excluding hydrogens is 636 g/mol. The lowest BCUT2D eigenvalue weighted by Gasteiger charge is -2.18. The molecule has 0 aromatic carbocycles. The topological polar surface area (TPSA) is 78.9 Å². The zero-order valence-electron chi connectivity index (χ0n) is 34.4. The summed E-state index contributed by atoms with van der Waals surface area (Å²) in [6, 6.07) is 0. The van der Waals surface area contributed by atoms with E-state index in [1.54, 1.807) is 0 Å². The first-order valence-electron chi connectivity index (χ1n) is 22.5. The van der Waals surface area contributed by atoms with Gasteiger partial charge in [-0.05, 0) is 19.3 Å². The van der Waals surface area contributed by atoms with Gasteiger partial charge in [0.2, 0.25) is 0 Å². The van der Waals surface area contributed by atoms with Gasteiger partial charge in [-0.3, -0.25) is 14.4 Å². The van der Waals surface area contributed by atoms with Crippen molar-refractivity contribution in [2.24, 2.45) is 0 Å². The van der Waals surface area contributed by atoms with Crippen LogP contribution in [0.15, 0.2) is 0 Å². The van der Waals surface area contributed by atoms with Crippen LogP contribution in [0.3, 0.4) is 0 Å². The van der Waals surface area contributed by atoms with E-state index in [1.165, 1.54) is 148 Å². The van der Waals surface area contributed by atoms with Crippen LogP contribution >= 0.6 is 0 Å². The summed E-state index contributed by atoms with van der Waals surface area (Å²) >= 11 is 0. The molecule has 0 saturated heterocycles. The van der Waals surface area contributed by atoms with E-state index in [0.29, 0.717) is 19.3 Å². The van der Waals surface area contributed by atoms with Crippen molar-refractivity contribution in [3.8, 4) is 0 Å². The van der Waals surface area contributed by atoms with Crippen LogP contribution in [0.1, 0.15) is 252 Å². The van der Waals surface area contributed by atoms with Crippen LogP contribution in [0.25, 0.3) is 0 Å². The van der Waals surface area contributed by atoms with Gasteiger partial charge in [-0.1, -0.05) is 213 Å². The molecule has 0 aromatic rings. The quantitative estimate of drug-likeness (QED) is 0.0355. The molecule has 51 heavy (non-hydrogen) atoms. The van der Waals surface area contributed by atoms with Gasteiger partial charge in [0, 0.05) is 19.3 Å². The Kier molecular flexibility index (Phi) is 39.9. The van der Waals surface area contributed by atoms with Crippen molar-refractivity contribution in [3.63, 3.8) is 0 Å². The Morgan fingerprint density at radius 1 is 0.314 bits per heavy atom. The average molecular weight is 723 g/mol. The third-order valence-electron chi connectivity index (χ3n) is 10.1. The van der Waals surface area contributed by atoms with Gasteiger partial charge in [-0.2, -0.15) is 0 Å². The van der Waals surface area contributed by atoms with Crippen LogP contribution in [-0.4, -0.2) is 37.2 Å². The molecule has 0 radical (unpaired) electrons. The summed E-state index contributed by atoms with van der Waals surface area (Å²) in [6.45, 7) is 6.56. The van der Waals surface area contributed by atoms with Gasteiger partial charge < -0.3 is 14.2 Å². The molecule has 0 rings (SSSR count). The number of carbonyl (C=O) groups excluding carboxylic acids is 3. The number of ether oxygens (including phenoxy) is 3. The molecule has 0 N–H and O–H groups in total. The maximum atomic E-state index is 12.6. The summed E-state index contributed by atoms with van der Waals surface area (Å²) in [6.07, 6.45) is 41.2. The third kappa shape index (κ3) is 39.5. The lowest BCUT2D eigenvalue weighted by Crippen LogP contribution is -2.30. The molecule has 0 aliphatic carbocycles. The first kappa shape index (κ1) is 49.4. The van der Waals surface area contributed by atoms with Crippen molar-refractivity contribution in [3.05, 3.63) is 0 Å². The standard InChI is InChI=1S/C45H86O6/c1-4-7-10-13-15-17-19-20-21-22-23-24-25-26-28-29-32-35-38-44(47)50-41-42(40-49-43(46)37-34-31-12-9-6-3)51-45(48)39-36-33-30-27-18-16-14-11-8-5-2/h42H,4-41H2,1-3H3/t42-/m0/s1. The molecule has 0 amide bonds. The largest absolute Gasteiger partial charge is 0.462 e. The predicted octanol–water partition coefficient (Wildman–Crippen LogP) is 14.1. The van der Waals surface area contributed by atoms with E-state index in [0.717, 1.165) is 64.2 Å². The monoisotopic (exact) mass is 723 g/mol. The Morgan fingerprint density at radius 2 is 0.529 bits per heavy atom. The summed E-state index contributed by atoms with van der Waals surface area (Å²) in [4.78, 5) is 37.4. The molecule has 0 heterocycles. The van der Waals surface area contributed by atoms with Gasteiger partial charge in [0.25, 0.3) is 0 Å². The Bertz CT molecular complexity index is 753. The SMILES string of the molecule is CCCCCCCCCCCCCCCCCCCCC(=O)OC[C@H](COC(=O)CCCCCCC)OC(=O)CCCCCCCCCCCC. The molecule has 302 valence electrons. The second kappa shape index (κ2) is 41.2. The lowest BCUT2D eigenvalue weighted by molar-refractivity contribution is -0.167. The highest BCUT2D eigenvalue weighted by molar-refractivity contribution is 5.71. The maximum absolute atomic E-state index is 12.6. The third-order valence-corrected chi connectivity index (χ3v) is 10.1. The van der Waals surface area contributed by atoms with Crippen LogP contribution < -0.4 is 0 Å². The first-order chi connectivity index (χ1) is 25.0. The molecule has 6 heteroatoms. The van der Waals surface area contributed by atoms with Crippen LogP contribution in [0.5, 0.6) is 0 Å². The van der Waals surface area contributed by atoms with Crippen molar-refractivity contribution in [1.29, 1.82) is 0 Å². The summed E-state index contributed by atoms with van der Waals surface area (Å²) in [7, 11) is 0. The number of hydrogen-bond donors (Lipinski definition) is 0. The van der Waals surface area contributed by atoms with Crippen molar-refractivity contribution < 1.29 is 28.6 Å². The summed E-state index contributed by atoms with van der Waals surface area (Å²) in [5.41, 5.74) is 0. The van der Waals surface area contributed by atoms with Gasteiger partial charge in [0.15, 0.2) is 6.10 Å². The number of unbranched alkanes of at least 4 members (excludes halogenated alkanes) is 30. The Hall–Kier alpha value is -1.59. The maximum Gasteiger partial charge on any atom is 0.306 e. The van der Waals surface area contributed by atoms with Crippen LogP contribution in [-0.2, 0) is 28.6 Å². The van der Waals surface area contributed by atoms with Crippen LogP contribution in [0.2, 0.25) is 0 Å². The molecule has 0 aromatic heterocycles. The number of esters is 3. The van der Waals surface area contributed by atoms with Gasteiger partial charge in [-0.15, -0.1) is 0 Å². The van der Waals surface area contributed by atoms with Crippen LogP contribution in [0.4, 0.5) is 0 Å². The highest BCUT2D eigenvalue weighted by Gasteiger charge is 2.19. The van der Waals surface area contributed by atoms with E-state index in [4.69, 9.17) is 14.2 Å². The molecule has 0 aliphatic rings. The number of hydrogen-bond acceptors (Lipinski definition) is 6. The fraction of sp³-hybridized carbons (Fsp3) is 0.933. The summed E-state index contributed by atoms with van der Waals surface area (Å²) < 4.78 is 16.6. The lowest BCUT2D eigenvalue weighted by atomic mass is 10.0. The van der Waals surface area contributed by atoms with E-state index in [-0.39, 0.29) is 31.1 Å². The van der Waals surface area contributed by atoms with Crippen molar-refractivity contribution in [1.82, 2.24) is 0 Å². The molecule has 6 nitrogen and oxygen atoms in total. The minimum atomic E-state index is -0.756. The Morgan fingerprint density at radius 3 is 0.784 bits per heavy atom. The van der Waals surface area contributed by atoms with Crippen LogP contribution in [0, 0.1) is 0 Å². The smallest absolute Gasteiger partial charge is 0.306 e. The predicted molar refractivity (Wildman–Crippen MR) is 215 cm³/mol. The average Bonchev–Trinajstić information content (AvgIpc) is 3.12. The van der Waals surface area contributed by atoms with E-state index >= 15 is 0 Å². The second-order valence-electron chi connectivity index (χ2n) is 15.3. The highest BCUT2D eigenvalue weighted by Crippen LogP contribution is 2.16. The van der Waals surface area contributed by atoms with Gasteiger partial charge in [0.1, 0.15) is 13.2 Å². The Balaban J connectivity index is 4.10. The minimum Gasteiger partial charge on any atom is -0.462 e. The zero-order chi connectivity index (χ0) is 37.3. The van der Waals surface area contributed by atoms with Gasteiger partial charge in [-0.25, -0.2) is 0 Å². The normalized spacial score (nSPS) is 11.8. The van der Waals surface area contributed by atoms with E-state index < -0.39 is 6.10 Å². The van der Waals surface area contributed by atoms with E-state index in [1.807, 2.05) is 0 Å². The second-order valence-corrected chi connectivity index (χ2v) is 15.3. The molecule has 0 bridgehead atoms. The fourth-order valence-electron chi connectivity index (χ4n) is 6.68. The van der Waals surface area contributed by atoms with Crippen molar-refractivity contribution in [2.45, 2.75) is 258 Å². The molecule has 0 unspecified atom stereocenters. The minimum absolute atomic E-state index is 0.0641. The Labute approximate surface area is 317 Å². The van der Waals surface area contributed by atoms with E-state index in [9.17, 15) is 14.4 Å². The number of carbonyl (C=O) groups is 3. The fourth-order valence-corrected chi connectivity index (χ4v) is 6.68. The molecular formula is C45H86O6. The van der Waals surface area contributed by atoms with Crippen molar-refractivity contribution >= 4 is 17.9 Å². The first-order valence-corrected chi connectivity index (χ1v) is 22.5. The molecule has 0 fully saturated rings. The summed E-state index contributed by atoms with van der Waals surface area (Å²) in [5, 5.41) is 0. The van der Waals surface area contributed by atoms with E-state index in [2.05, 4.69) is 20.8 Å². The molecule has 0 saturated carbocycles. The molecule has 0 spiro atoms. The molecule has 0 aliphatic heterocycles. The zero-order valence-corrected chi connectivity index (χ0v) is 34.4. The van der Waals surface area contributed by atoms with Gasteiger partial charge in [0.05, 0.1) is 0 Å². The van der Waals surface area contributed by atoms with Gasteiger partial charge >= 0.3 is 17.9 Å². The number of rotatable bonds is 41. The van der Waals surface area contributed by atoms with Crippen molar-refractivity contribution in [2.75, 3.05) is 13.2 Å².